The van der Waals surface area contributed by atoms with Crippen LogP contribution in [0.25, 0.3) is 0 Å². The number of aliphatic hydroxyl groups excluding tert-OH is 1. The molecule has 2 heterocycles. The van der Waals surface area contributed by atoms with Crippen LogP contribution in [-0.4, -0.2) is 54.0 Å². The van der Waals surface area contributed by atoms with Gasteiger partial charge in [-0.2, -0.15) is 0 Å². The molecule has 2 aliphatic rings. The first kappa shape index (κ1) is 24.2. The van der Waals surface area contributed by atoms with Crippen LogP contribution in [0.3, 0.4) is 0 Å². The Bertz CT molecular complexity index is 1110. The molecule has 6 N–H and O–H groups in total. The summed E-state index contributed by atoms with van der Waals surface area (Å²) in [5.41, 5.74) is 8.12. The molecular formula is C22H24ClN5O5. The molecule has 0 bridgehead atoms. The maximum atomic E-state index is 13.0. The second-order valence-electron chi connectivity index (χ2n) is 7.67. The Hall–Kier alpha value is -3.47. The van der Waals surface area contributed by atoms with Gasteiger partial charge in [0.25, 0.3) is 17.7 Å². The van der Waals surface area contributed by atoms with Gasteiger partial charge in [0.2, 0.25) is 0 Å². The Morgan fingerprint density at radius 2 is 1.97 bits per heavy atom. The highest BCUT2D eigenvalue weighted by molar-refractivity contribution is 6.05. The standard InChI is InChI=1S/C22H23N5O5.ClH/c1-11-15-7-6-14(10-16(15)20(29)25-11)27-8-9-32-18(22(27)31)17(28)21(30)26-13-4-2-12(3-5-13)19(23)24;/h2-7,10-11,17-18,28H,8-9H2,1H3,(H3,23,24)(H,25,29)(H,26,30);1H/t11?,17-,18-;/m1./s1. The van der Waals surface area contributed by atoms with E-state index < -0.39 is 24.0 Å². The fraction of sp³-hybridized carbons (Fsp3) is 0.273. The largest absolute Gasteiger partial charge is 0.384 e. The molecule has 0 aromatic heterocycles. The number of aliphatic hydroxyl groups is 1. The van der Waals surface area contributed by atoms with Crippen LogP contribution in [0.15, 0.2) is 42.5 Å². The van der Waals surface area contributed by atoms with E-state index >= 15 is 0 Å². The number of benzene rings is 2. The van der Waals surface area contributed by atoms with Crippen molar-refractivity contribution in [2.45, 2.75) is 25.2 Å². The van der Waals surface area contributed by atoms with Crippen molar-refractivity contribution in [2.24, 2.45) is 5.73 Å². The highest BCUT2D eigenvalue weighted by atomic mass is 35.5. The van der Waals surface area contributed by atoms with Gasteiger partial charge in [-0.15, -0.1) is 12.4 Å². The molecule has 174 valence electrons. The van der Waals surface area contributed by atoms with Crippen molar-refractivity contribution in [3.8, 4) is 0 Å². The van der Waals surface area contributed by atoms with E-state index in [9.17, 15) is 19.5 Å². The third-order valence-corrected chi connectivity index (χ3v) is 5.55. The molecule has 1 saturated heterocycles. The number of hydrogen-bond donors (Lipinski definition) is 5. The third-order valence-electron chi connectivity index (χ3n) is 5.55. The lowest BCUT2D eigenvalue weighted by Gasteiger charge is -2.34. The number of hydrogen-bond acceptors (Lipinski definition) is 6. The number of nitrogen functional groups attached to an aromatic ring is 1. The van der Waals surface area contributed by atoms with E-state index in [0.29, 0.717) is 22.5 Å². The second kappa shape index (κ2) is 9.57. The molecule has 0 aliphatic carbocycles. The Labute approximate surface area is 196 Å². The van der Waals surface area contributed by atoms with E-state index in [1.807, 2.05) is 6.92 Å². The lowest BCUT2D eigenvalue weighted by molar-refractivity contribution is -0.150. The predicted molar refractivity (Wildman–Crippen MR) is 124 cm³/mol. The highest BCUT2D eigenvalue weighted by Crippen LogP contribution is 2.30. The number of nitrogens with zero attached hydrogens (tertiary/aromatic N) is 1. The number of fused-ring (bicyclic) bond motifs is 1. The van der Waals surface area contributed by atoms with Crippen molar-refractivity contribution in [1.29, 1.82) is 5.41 Å². The summed E-state index contributed by atoms with van der Waals surface area (Å²) >= 11 is 0. The number of anilines is 2. The highest BCUT2D eigenvalue weighted by Gasteiger charge is 2.40. The summed E-state index contributed by atoms with van der Waals surface area (Å²) < 4.78 is 5.42. The van der Waals surface area contributed by atoms with Gasteiger partial charge in [0.15, 0.2) is 12.2 Å². The summed E-state index contributed by atoms with van der Waals surface area (Å²) in [6, 6.07) is 11.2. The monoisotopic (exact) mass is 473 g/mol. The van der Waals surface area contributed by atoms with E-state index in [1.54, 1.807) is 30.3 Å². The van der Waals surface area contributed by atoms with Gasteiger partial charge in [0.1, 0.15) is 5.84 Å². The number of ether oxygens (including phenoxy) is 1. The molecule has 10 nitrogen and oxygen atoms in total. The fourth-order valence-electron chi connectivity index (χ4n) is 3.81. The Balaban J connectivity index is 0.00000306. The molecule has 1 fully saturated rings. The van der Waals surface area contributed by atoms with E-state index in [0.717, 1.165) is 5.56 Å². The van der Waals surface area contributed by atoms with Crippen LogP contribution in [0, 0.1) is 5.41 Å². The molecule has 33 heavy (non-hydrogen) atoms. The zero-order valence-electron chi connectivity index (χ0n) is 17.7. The first-order valence-electron chi connectivity index (χ1n) is 10.1. The maximum absolute atomic E-state index is 13.0. The van der Waals surface area contributed by atoms with E-state index in [1.165, 1.54) is 17.0 Å². The molecule has 3 atom stereocenters. The summed E-state index contributed by atoms with van der Waals surface area (Å²) in [5, 5.41) is 23.2. The number of amidine groups is 1. The summed E-state index contributed by atoms with van der Waals surface area (Å²) in [5.74, 6) is -1.69. The average Bonchev–Trinajstić information content (AvgIpc) is 3.06. The number of halogens is 1. The number of carbonyl (C=O) groups is 3. The van der Waals surface area contributed by atoms with Gasteiger partial charge in [-0.25, -0.2) is 0 Å². The van der Waals surface area contributed by atoms with Crippen LogP contribution in [-0.2, 0) is 14.3 Å². The molecule has 3 amide bonds. The van der Waals surface area contributed by atoms with Crippen molar-refractivity contribution >= 4 is 47.3 Å². The Morgan fingerprint density at radius 1 is 1.27 bits per heavy atom. The molecule has 4 rings (SSSR count). The van der Waals surface area contributed by atoms with Gasteiger partial charge in [-0.1, -0.05) is 6.07 Å². The van der Waals surface area contributed by atoms with Crippen molar-refractivity contribution in [1.82, 2.24) is 5.32 Å². The molecular weight excluding hydrogens is 450 g/mol. The van der Waals surface area contributed by atoms with E-state index in [2.05, 4.69) is 10.6 Å². The number of morpholine rings is 1. The van der Waals surface area contributed by atoms with E-state index in [4.69, 9.17) is 15.9 Å². The minimum absolute atomic E-state index is 0. The van der Waals surface area contributed by atoms with Crippen molar-refractivity contribution in [3.05, 3.63) is 59.2 Å². The van der Waals surface area contributed by atoms with Gasteiger partial charge in [-0.05, 0) is 48.9 Å². The van der Waals surface area contributed by atoms with Gasteiger partial charge >= 0.3 is 0 Å². The molecule has 2 aromatic rings. The number of carbonyl (C=O) groups excluding carboxylic acids is 3. The van der Waals surface area contributed by atoms with E-state index in [-0.39, 0.29) is 43.3 Å². The molecule has 11 heteroatoms. The smallest absolute Gasteiger partial charge is 0.259 e. The zero-order chi connectivity index (χ0) is 23.0. The molecule has 0 spiro atoms. The lowest BCUT2D eigenvalue weighted by atomic mass is 10.0. The normalized spacial score (nSPS) is 20.4. The van der Waals surface area contributed by atoms with Gasteiger partial charge < -0.3 is 31.1 Å². The minimum Gasteiger partial charge on any atom is -0.384 e. The van der Waals surface area contributed by atoms with Crippen LogP contribution in [0.1, 0.15) is 34.5 Å². The summed E-state index contributed by atoms with van der Waals surface area (Å²) in [6.45, 7) is 2.22. The number of nitrogens with two attached hydrogens (primary N) is 1. The van der Waals surface area contributed by atoms with Crippen molar-refractivity contribution in [2.75, 3.05) is 23.4 Å². The molecule has 2 aliphatic heterocycles. The van der Waals surface area contributed by atoms with Crippen molar-refractivity contribution < 1.29 is 24.2 Å². The molecule has 1 unspecified atom stereocenters. The summed E-state index contributed by atoms with van der Waals surface area (Å²) in [4.78, 5) is 39.1. The summed E-state index contributed by atoms with van der Waals surface area (Å²) in [7, 11) is 0. The Kier molecular flexibility index (Phi) is 7.01. The van der Waals surface area contributed by atoms with Crippen LogP contribution < -0.4 is 21.3 Å². The number of amides is 3. The summed E-state index contributed by atoms with van der Waals surface area (Å²) in [6.07, 6.45) is -3.13. The molecule has 2 aromatic carbocycles. The topological polar surface area (TPSA) is 158 Å². The first-order chi connectivity index (χ1) is 15.3. The SMILES string of the molecule is CC1NC(=O)c2cc(N3CCO[C@H]([C@@H](O)C(=O)Nc4ccc(C(=N)N)cc4)C3=O)ccc21.Cl. The van der Waals surface area contributed by atoms with Gasteiger partial charge in [0, 0.05) is 29.0 Å². The number of rotatable bonds is 5. The van der Waals surface area contributed by atoms with Crippen LogP contribution in [0.2, 0.25) is 0 Å². The van der Waals surface area contributed by atoms with Crippen LogP contribution in [0.4, 0.5) is 11.4 Å². The fourth-order valence-corrected chi connectivity index (χ4v) is 3.81. The van der Waals surface area contributed by atoms with Crippen LogP contribution in [0.5, 0.6) is 0 Å². The van der Waals surface area contributed by atoms with Crippen molar-refractivity contribution in [3.63, 3.8) is 0 Å². The predicted octanol–water partition coefficient (Wildman–Crippen LogP) is 0.928. The van der Waals surface area contributed by atoms with Gasteiger partial charge in [0.05, 0.1) is 12.6 Å². The number of nitrogens with one attached hydrogen (secondary N) is 3. The quantitative estimate of drug-likeness (QED) is 0.321. The third kappa shape index (κ3) is 4.68. The second-order valence-corrected chi connectivity index (χ2v) is 7.67. The average molecular weight is 474 g/mol. The Morgan fingerprint density at radius 3 is 2.64 bits per heavy atom. The first-order valence-corrected chi connectivity index (χ1v) is 10.1. The van der Waals surface area contributed by atoms with Gasteiger partial charge in [-0.3, -0.25) is 19.8 Å². The maximum Gasteiger partial charge on any atom is 0.259 e. The lowest BCUT2D eigenvalue weighted by Crippen LogP contribution is -2.55. The minimum atomic E-state index is -1.74. The molecule has 0 saturated carbocycles. The zero-order valence-corrected chi connectivity index (χ0v) is 18.5. The van der Waals surface area contributed by atoms with Crippen LogP contribution >= 0.6 is 12.4 Å². The molecule has 0 radical (unpaired) electrons.